The lowest BCUT2D eigenvalue weighted by molar-refractivity contribution is 0.0177. The zero-order chi connectivity index (χ0) is 18.7. The first-order chi connectivity index (χ1) is 12.3. The molecule has 2 aliphatic rings. The minimum Gasteiger partial charge on any atom is -0.508 e. The van der Waals surface area contributed by atoms with Gasteiger partial charge >= 0.3 is 6.09 Å². The average Bonchev–Trinajstić information content (AvgIpc) is 2.60. The lowest BCUT2D eigenvalue weighted by atomic mass is 10.0. The summed E-state index contributed by atoms with van der Waals surface area (Å²) in [4.78, 5) is 16.1. The van der Waals surface area contributed by atoms with Gasteiger partial charge in [-0.05, 0) is 45.7 Å². The predicted molar refractivity (Wildman–Crippen MR) is 99.0 cm³/mol. The second-order valence-corrected chi connectivity index (χ2v) is 7.59. The molecule has 0 unspecified atom stereocenters. The fraction of sp³-hybridized carbons (Fsp3) is 0.450. The Labute approximate surface area is 154 Å². The molecule has 1 aromatic carbocycles. The number of phenolic OH excluding ortho intramolecular Hbond substituents is 1. The van der Waals surface area contributed by atoms with E-state index in [1.807, 2.05) is 39.2 Å². The van der Waals surface area contributed by atoms with Crippen LogP contribution in [0.1, 0.15) is 39.2 Å². The van der Waals surface area contributed by atoms with Crippen molar-refractivity contribution in [1.82, 2.24) is 9.80 Å². The molecule has 1 N–H and O–H groups in total. The summed E-state index contributed by atoms with van der Waals surface area (Å²) < 4.78 is 11.0. The maximum Gasteiger partial charge on any atom is 0.410 e. The highest BCUT2D eigenvalue weighted by Gasteiger charge is 2.29. The number of likely N-dealkylation sites (tertiary alicyclic amines) is 1. The van der Waals surface area contributed by atoms with Crippen LogP contribution in [0.15, 0.2) is 42.9 Å². The van der Waals surface area contributed by atoms with Gasteiger partial charge in [-0.15, -0.1) is 0 Å². The van der Waals surface area contributed by atoms with Gasteiger partial charge in [0, 0.05) is 37.1 Å². The fourth-order valence-corrected chi connectivity index (χ4v) is 3.08. The van der Waals surface area contributed by atoms with Gasteiger partial charge in [-0.3, -0.25) is 0 Å². The number of carbonyl (C=O) groups is 1. The smallest absolute Gasteiger partial charge is 0.410 e. The Kier molecular flexibility index (Phi) is 5.11. The number of amides is 1. The van der Waals surface area contributed by atoms with Crippen LogP contribution in [0, 0.1) is 0 Å². The zero-order valence-electron chi connectivity index (χ0n) is 15.5. The molecular weight excluding hydrogens is 332 g/mol. The van der Waals surface area contributed by atoms with E-state index >= 15 is 0 Å². The Morgan fingerprint density at radius 1 is 1.27 bits per heavy atom. The zero-order valence-corrected chi connectivity index (χ0v) is 15.5. The van der Waals surface area contributed by atoms with Gasteiger partial charge < -0.3 is 24.4 Å². The van der Waals surface area contributed by atoms with Crippen molar-refractivity contribution in [1.29, 1.82) is 0 Å². The number of rotatable bonds is 2. The standard InChI is InChI=1S/C20H26N2O4/c1-20(2,3)26-19(24)21-9-7-16(8-10-21)22-11-12-25-18(14-22)15-5-4-6-17(23)13-15/h4-6,11-14,16,23H,7-10H2,1-3H3. The van der Waals surface area contributed by atoms with E-state index in [1.54, 1.807) is 29.4 Å². The van der Waals surface area contributed by atoms with E-state index in [9.17, 15) is 9.90 Å². The molecule has 1 aromatic rings. The minimum atomic E-state index is -0.472. The van der Waals surface area contributed by atoms with Crippen molar-refractivity contribution >= 4 is 11.9 Å². The molecule has 0 aliphatic carbocycles. The van der Waals surface area contributed by atoms with Gasteiger partial charge in [-0.1, -0.05) is 12.1 Å². The lowest BCUT2D eigenvalue weighted by Crippen LogP contribution is -2.46. The normalized spacial score (nSPS) is 18.3. The molecule has 26 heavy (non-hydrogen) atoms. The highest BCUT2D eigenvalue weighted by atomic mass is 16.6. The third kappa shape index (κ3) is 4.50. The maximum absolute atomic E-state index is 12.2. The van der Waals surface area contributed by atoms with Gasteiger partial charge in [0.15, 0.2) is 0 Å². The van der Waals surface area contributed by atoms with E-state index < -0.39 is 5.60 Å². The number of hydrogen-bond acceptors (Lipinski definition) is 5. The first-order valence-electron chi connectivity index (χ1n) is 8.92. The van der Waals surface area contributed by atoms with Gasteiger partial charge in [0.05, 0.1) is 0 Å². The van der Waals surface area contributed by atoms with Crippen molar-refractivity contribution in [2.24, 2.45) is 0 Å². The molecular formula is C20H26N2O4. The molecule has 0 saturated carbocycles. The molecule has 1 amide bonds. The number of hydrogen-bond donors (Lipinski definition) is 1. The molecule has 2 heterocycles. The van der Waals surface area contributed by atoms with Crippen LogP contribution in [0.2, 0.25) is 0 Å². The minimum absolute atomic E-state index is 0.207. The van der Waals surface area contributed by atoms with Crippen LogP contribution in [-0.2, 0) is 9.47 Å². The van der Waals surface area contributed by atoms with E-state index in [4.69, 9.17) is 9.47 Å². The monoisotopic (exact) mass is 358 g/mol. The largest absolute Gasteiger partial charge is 0.508 e. The summed E-state index contributed by atoms with van der Waals surface area (Å²) in [6.07, 6.45) is 6.97. The second kappa shape index (κ2) is 7.32. The molecule has 140 valence electrons. The summed E-state index contributed by atoms with van der Waals surface area (Å²) >= 11 is 0. The molecule has 6 nitrogen and oxygen atoms in total. The number of carbonyl (C=O) groups excluding carboxylic acids is 1. The number of piperidine rings is 1. The lowest BCUT2D eigenvalue weighted by Gasteiger charge is -2.38. The molecule has 1 fully saturated rings. The number of phenols is 1. The van der Waals surface area contributed by atoms with E-state index in [0.29, 0.717) is 24.9 Å². The summed E-state index contributed by atoms with van der Waals surface area (Å²) in [5, 5.41) is 9.66. The van der Waals surface area contributed by atoms with Crippen molar-refractivity contribution in [3.63, 3.8) is 0 Å². The first kappa shape index (κ1) is 18.2. The third-order valence-electron chi connectivity index (χ3n) is 4.36. The average molecular weight is 358 g/mol. The topological polar surface area (TPSA) is 62.2 Å². The Morgan fingerprint density at radius 2 is 2.00 bits per heavy atom. The van der Waals surface area contributed by atoms with Gasteiger partial charge in [0.1, 0.15) is 23.4 Å². The molecule has 0 radical (unpaired) electrons. The summed E-state index contributed by atoms with van der Waals surface area (Å²) in [5.74, 6) is 0.900. The molecule has 0 bridgehead atoms. The van der Waals surface area contributed by atoms with E-state index in [2.05, 4.69) is 4.90 Å². The molecule has 1 saturated heterocycles. The van der Waals surface area contributed by atoms with Crippen molar-refractivity contribution in [2.75, 3.05) is 13.1 Å². The number of nitrogens with zero attached hydrogens (tertiary/aromatic N) is 2. The molecule has 0 spiro atoms. The van der Waals surface area contributed by atoms with Gasteiger partial charge in [-0.2, -0.15) is 0 Å². The van der Waals surface area contributed by atoms with Crippen LogP contribution in [0.5, 0.6) is 5.75 Å². The van der Waals surface area contributed by atoms with E-state index in [1.165, 1.54) is 0 Å². The Bertz CT molecular complexity index is 713. The van der Waals surface area contributed by atoms with Crippen LogP contribution in [0.3, 0.4) is 0 Å². The van der Waals surface area contributed by atoms with Crippen molar-refractivity contribution in [3.05, 3.63) is 48.5 Å². The SMILES string of the molecule is CC(C)(C)OC(=O)N1CCC(N2C=COC(c3cccc(O)c3)=C2)CC1. The molecule has 0 atom stereocenters. The third-order valence-corrected chi connectivity index (χ3v) is 4.36. The van der Waals surface area contributed by atoms with Crippen molar-refractivity contribution < 1.29 is 19.4 Å². The fourth-order valence-electron chi connectivity index (χ4n) is 3.08. The highest BCUT2D eigenvalue weighted by molar-refractivity contribution is 5.68. The van der Waals surface area contributed by atoms with Gasteiger partial charge in [0.2, 0.25) is 0 Å². The van der Waals surface area contributed by atoms with Crippen LogP contribution < -0.4 is 0 Å². The number of aromatic hydroxyl groups is 1. The Balaban J connectivity index is 1.61. The van der Waals surface area contributed by atoms with Gasteiger partial charge in [0.25, 0.3) is 0 Å². The summed E-state index contributed by atoms with van der Waals surface area (Å²) in [6, 6.07) is 7.28. The number of ether oxygens (including phenoxy) is 2. The quantitative estimate of drug-likeness (QED) is 0.869. The molecule has 0 aromatic heterocycles. The van der Waals surface area contributed by atoms with E-state index in [-0.39, 0.29) is 11.8 Å². The summed E-state index contributed by atoms with van der Waals surface area (Å²) in [6.45, 7) is 6.97. The Morgan fingerprint density at radius 3 is 2.65 bits per heavy atom. The molecule has 3 rings (SSSR count). The summed E-state index contributed by atoms with van der Waals surface area (Å²) in [7, 11) is 0. The van der Waals surface area contributed by atoms with Crippen LogP contribution in [0.4, 0.5) is 4.79 Å². The van der Waals surface area contributed by atoms with Crippen LogP contribution in [0.25, 0.3) is 5.76 Å². The number of benzene rings is 1. The van der Waals surface area contributed by atoms with Gasteiger partial charge in [-0.25, -0.2) is 4.79 Å². The van der Waals surface area contributed by atoms with Crippen molar-refractivity contribution in [2.45, 2.75) is 45.3 Å². The van der Waals surface area contributed by atoms with Crippen molar-refractivity contribution in [3.8, 4) is 5.75 Å². The van der Waals surface area contributed by atoms with E-state index in [0.717, 1.165) is 18.4 Å². The predicted octanol–water partition coefficient (Wildman–Crippen LogP) is 3.89. The van der Waals surface area contributed by atoms with Crippen LogP contribution in [-0.4, -0.2) is 45.7 Å². The molecule has 6 heteroatoms. The Hall–Kier alpha value is -2.63. The highest BCUT2D eigenvalue weighted by Crippen LogP contribution is 2.27. The summed E-state index contributed by atoms with van der Waals surface area (Å²) in [5.41, 5.74) is 0.352. The maximum atomic E-state index is 12.2. The molecule has 2 aliphatic heterocycles. The first-order valence-corrected chi connectivity index (χ1v) is 8.92. The second-order valence-electron chi connectivity index (χ2n) is 7.59. The van der Waals surface area contributed by atoms with Crippen LogP contribution >= 0.6 is 0 Å².